The zero-order chi connectivity index (χ0) is 22.8. The number of carboxylic acid groups (broad SMARTS) is 2. The maximum atomic E-state index is 12.6. The molecule has 0 spiro atoms. The average molecular weight is 509 g/mol. The monoisotopic (exact) mass is 508 g/mol. The topological polar surface area (TPSA) is 119 Å². The summed E-state index contributed by atoms with van der Waals surface area (Å²) in [5.41, 5.74) is -0.715. The summed E-state index contributed by atoms with van der Waals surface area (Å²) in [6.45, 7) is 0. The highest BCUT2D eigenvalue weighted by Crippen LogP contribution is 2.32. The van der Waals surface area contributed by atoms with Crippen LogP contribution in [0.1, 0.15) is 12.1 Å². The van der Waals surface area contributed by atoms with Crippen molar-refractivity contribution in [3.8, 4) is 0 Å². The molecular weight excluding hydrogens is 492 g/mol. The van der Waals surface area contributed by atoms with E-state index in [-0.39, 0.29) is 22.6 Å². The van der Waals surface area contributed by atoms with E-state index in [1.54, 1.807) is 48.5 Å². The Labute approximate surface area is 196 Å². The van der Waals surface area contributed by atoms with Gasteiger partial charge in [-0.1, -0.05) is 68.9 Å². The molecule has 0 aliphatic carbocycles. The van der Waals surface area contributed by atoms with E-state index in [0.717, 1.165) is 44.7 Å². The zero-order valence-electron chi connectivity index (χ0n) is 16.2. The van der Waals surface area contributed by atoms with Gasteiger partial charge >= 0.3 is 11.9 Å². The van der Waals surface area contributed by atoms with Crippen molar-refractivity contribution in [3.05, 3.63) is 69.2 Å². The SMILES string of the molecule is O=C(O)C(CSSCC(C(=O)O)n1sc2ccccc2c1=O)n1sc2ccccc2c1=O. The molecule has 2 N–H and O–H groups in total. The van der Waals surface area contributed by atoms with Gasteiger partial charge in [-0.05, 0) is 24.3 Å². The van der Waals surface area contributed by atoms with Crippen molar-refractivity contribution in [2.24, 2.45) is 0 Å². The number of hydrogen-bond donors (Lipinski definition) is 2. The van der Waals surface area contributed by atoms with Crippen LogP contribution in [0.2, 0.25) is 0 Å². The highest BCUT2D eigenvalue weighted by Gasteiger charge is 2.26. The zero-order valence-corrected chi connectivity index (χ0v) is 19.5. The second kappa shape index (κ2) is 9.53. The molecule has 0 saturated carbocycles. The van der Waals surface area contributed by atoms with Crippen LogP contribution >= 0.6 is 44.7 Å². The van der Waals surface area contributed by atoms with Crippen molar-refractivity contribution in [1.82, 2.24) is 7.91 Å². The lowest BCUT2D eigenvalue weighted by atomic mass is 10.3. The average Bonchev–Trinajstić information content (AvgIpc) is 3.28. The normalized spacial score (nSPS) is 13.4. The minimum atomic E-state index is -1.14. The molecule has 2 heterocycles. The Morgan fingerprint density at radius 2 is 1.12 bits per heavy atom. The molecule has 0 aliphatic heterocycles. The Balaban J connectivity index is 1.48. The molecule has 0 amide bonds. The van der Waals surface area contributed by atoms with Gasteiger partial charge in [0.25, 0.3) is 11.1 Å². The van der Waals surface area contributed by atoms with E-state index in [1.165, 1.54) is 7.91 Å². The quantitative estimate of drug-likeness (QED) is 0.259. The number of fused-ring (bicyclic) bond motifs is 2. The third-order valence-corrected chi connectivity index (χ3v) is 9.43. The number of carboxylic acids is 2. The number of benzene rings is 2. The Hall–Kier alpha value is -2.54. The first-order chi connectivity index (χ1) is 15.4. The molecule has 0 saturated heterocycles. The summed E-state index contributed by atoms with van der Waals surface area (Å²) in [7, 11) is 2.33. The lowest BCUT2D eigenvalue weighted by Crippen LogP contribution is -2.28. The van der Waals surface area contributed by atoms with Crippen molar-refractivity contribution >= 4 is 76.8 Å². The summed E-state index contributed by atoms with van der Waals surface area (Å²) >= 11 is 2.19. The minimum absolute atomic E-state index is 0.0698. The molecule has 2 atom stereocenters. The van der Waals surface area contributed by atoms with Crippen LogP contribution in [-0.4, -0.2) is 41.6 Å². The van der Waals surface area contributed by atoms with Crippen LogP contribution < -0.4 is 11.1 Å². The summed E-state index contributed by atoms with van der Waals surface area (Å²) in [6, 6.07) is 11.7. The number of nitrogens with zero attached hydrogens (tertiary/aromatic N) is 2. The maximum absolute atomic E-state index is 12.6. The fraction of sp³-hybridized carbons (Fsp3) is 0.200. The number of aliphatic carboxylic acids is 2. The van der Waals surface area contributed by atoms with Gasteiger partial charge in [-0.15, -0.1) is 0 Å². The smallest absolute Gasteiger partial charge is 0.328 e. The van der Waals surface area contributed by atoms with Gasteiger partial charge in [-0.2, -0.15) is 0 Å². The number of hydrogen-bond acceptors (Lipinski definition) is 8. The van der Waals surface area contributed by atoms with Gasteiger partial charge in [0.15, 0.2) is 12.1 Å². The van der Waals surface area contributed by atoms with Crippen molar-refractivity contribution in [3.63, 3.8) is 0 Å². The lowest BCUT2D eigenvalue weighted by molar-refractivity contribution is -0.140. The third-order valence-electron chi connectivity index (χ3n) is 4.70. The van der Waals surface area contributed by atoms with E-state index in [1.807, 2.05) is 0 Å². The predicted octanol–water partition coefficient (Wildman–Crippen LogP) is 3.77. The molecule has 0 radical (unpaired) electrons. The maximum Gasteiger partial charge on any atom is 0.328 e. The van der Waals surface area contributed by atoms with Gasteiger partial charge < -0.3 is 10.2 Å². The molecule has 4 aromatic rings. The highest BCUT2D eigenvalue weighted by atomic mass is 33.1. The van der Waals surface area contributed by atoms with Crippen LogP contribution in [0.3, 0.4) is 0 Å². The molecule has 0 bridgehead atoms. The number of carbonyl (C=O) groups is 2. The summed E-state index contributed by atoms with van der Waals surface area (Å²) in [4.78, 5) is 48.8. The Morgan fingerprint density at radius 3 is 1.47 bits per heavy atom. The Morgan fingerprint density at radius 1 is 0.750 bits per heavy atom. The fourth-order valence-electron chi connectivity index (χ4n) is 3.09. The second-order valence-electron chi connectivity index (χ2n) is 6.71. The Bertz CT molecular complexity index is 1310. The van der Waals surface area contributed by atoms with Gasteiger partial charge in [0.05, 0.1) is 20.2 Å². The van der Waals surface area contributed by atoms with Crippen molar-refractivity contribution in [1.29, 1.82) is 0 Å². The largest absolute Gasteiger partial charge is 0.480 e. The molecule has 8 nitrogen and oxygen atoms in total. The van der Waals surface area contributed by atoms with Crippen LogP contribution in [-0.2, 0) is 9.59 Å². The molecule has 0 aliphatic rings. The van der Waals surface area contributed by atoms with Crippen molar-refractivity contribution in [2.75, 3.05) is 11.5 Å². The van der Waals surface area contributed by atoms with Crippen LogP contribution in [0.15, 0.2) is 58.1 Å². The molecule has 12 heteroatoms. The fourth-order valence-corrected chi connectivity index (χ4v) is 7.82. The van der Waals surface area contributed by atoms with Crippen molar-refractivity contribution in [2.45, 2.75) is 12.1 Å². The van der Waals surface area contributed by atoms with Crippen molar-refractivity contribution < 1.29 is 19.8 Å². The number of rotatable bonds is 9. The summed E-state index contributed by atoms with van der Waals surface area (Å²) < 4.78 is 3.89. The number of aromatic nitrogens is 2. The molecule has 166 valence electrons. The van der Waals surface area contributed by atoms with Crippen LogP contribution in [0.25, 0.3) is 20.2 Å². The van der Waals surface area contributed by atoms with Gasteiger partial charge in [-0.25, -0.2) is 17.5 Å². The summed E-state index contributed by atoms with van der Waals surface area (Å²) in [5, 5.41) is 20.2. The van der Waals surface area contributed by atoms with Crippen LogP contribution in [0.5, 0.6) is 0 Å². The first-order valence-corrected chi connectivity index (χ1v) is 13.3. The molecule has 32 heavy (non-hydrogen) atoms. The second-order valence-corrected chi connectivity index (χ2v) is 11.3. The van der Waals surface area contributed by atoms with E-state index in [0.29, 0.717) is 20.2 Å². The summed E-state index contributed by atoms with van der Waals surface area (Å²) in [5.74, 6) is -2.13. The molecular formula is C20H16N2O6S4. The van der Waals surface area contributed by atoms with Gasteiger partial charge in [-0.3, -0.25) is 9.59 Å². The first-order valence-electron chi connectivity index (χ1n) is 9.29. The van der Waals surface area contributed by atoms with Gasteiger partial charge in [0.2, 0.25) is 0 Å². The highest BCUT2D eigenvalue weighted by molar-refractivity contribution is 8.76. The summed E-state index contributed by atoms with van der Waals surface area (Å²) in [6.07, 6.45) is 0. The standard InChI is InChI=1S/C20H16N2O6S4/c23-17-11-5-1-3-7-15(11)31-21(17)13(19(25)26)9-29-30-10-14(20(27)28)22-18(24)12-6-2-4-8-16(12)32-22/h1-8,13-14H,9-10H2,(H,25,26)(H,27,28). The van der Waals surface area contributed by atoms with E-state index >= 15 is 0 Å². The predicted molar refractivity (Wildman–Crippen MR) is 130 cm³/mol. The van der Waals surface area contributed by atoms with E-state index in [9.17, 15) is 29.4 Å². The molecule has 2 unspecified atom stereocenters. The van der Waals surface area contributed by atoms with E-state index in [4.69, 9.17) is 0 Å². The Kier molecular flexibility index (Phi) is 6.74. The minimum Gasteiger partial charge on any atom is -0.480 e. The molecule has 2 aromatic heterocycles. The van der Waals surface area contributed by atoms with Crippen LogP contribution in [0, 0.1) is 0 Å². The lowest BCUT2D eigenvalue weighted by Gasteiger charge is -2.14. The molecule has 4 rings (SSSR count). The van der Waals surface area contributed by atoms with Gasteiger partial charge in [0, 0.05) is 11.5 Å². The molecule has 0 fully saturated rings. The molecule has 2 aromatic carbocycles. The third kappa shape index (κ3) is 4.35. The van der Waals surface area contributed by atoms with Crippen LogP contribution in [0.4, 0.5) is 0 Å². The first kappa shape index (κ1) is 22.6. The van der Waals surface area contributed by atoms with E-state index < -0.39 is 24.0 Å². The van der Waals surface area contributed by atoms with Gasteiger partial charge in [0.1, 0.15) is 0 Å². The van der Waals surface area contributed by atoms with E-state index in [2.05, 4.69) is 0 Å².